The van der Waals surface area contributed by atoms with Crippen LogP contribution in [0.1, 0.15) is 31.7 Å². The highest BCUT2D eigenvalue weighted by Crippen LogP contribution is 2.36. The van der Waals surface area contributed by atoms with Gasteiger partial charge in [-0.25, -0.2) is 4.39 Å². The van der Waals surface area contributed by atoms with Crippen molar-refractivity contribution in [2.24, 2.45) is 5.92 Å². The number of halogens is 1. The number of rotatable bonds is 3. The van der Waals surface area contributed by atoms with E-state index >= 15 is 0 Å². The minimum atomic E-state index is -0.419. The fraction of sp³-hybridized carbons (Fsp3) is 0.571. The van der Waals surface area contributed by atoms with Crippen molar-refractivity contribution in [1.29, 1.82) is 0 Å². The quantitative estimate of drug-likeness (QED) is 0.619. The van der Waals surface area contributed by atoms with Gasteiger partial charge in [0, 0.05) is 24.7 Å². The van der Waals surface area contributed by atoms with Crippen LogP contribution >= 0.6 is 0 Å². The number of benzene rings is 1. The minimum Gasteiger partial charge on any atom is -0.365 e. The third-order valence-electron chi connectivity index (χ3n) is 3.95. The summed E-state index contributed by atoms with van der Waals surface area (Å²) in [7, 11) is 0. The van der Waals surface area contributed by atoms with Crippen molar-refractivity contribution in [3.8, 4) is 0 Å². The molecule has 104 valence electrons. The van der Waals surface area contributed by atoms with Gasteiger partial charge in [0.2, 0.25) is 0 Å². The van der Waals surface area contributed by atoms with Gasteiger partial charge in [-0.3, -0.25) is 10.1 Å². The highest BCUT2D eigenvalue weighted by molar-refractivity contribution is 5.68. The molecule has 0 saturated carbocycles. The molecule has 1 aromatic carbocycles. The molecule has 0 aliphatic carbocycles. The van der Waals surface area contributed by atoms with E-state index < -0.39 is 4.92 Å². The van der Waals surface area contributed by atoms with E-state index in [0.29, 0.717) is 17.2 Å². The lowest BCUT2D eigenvalue weighted by atomic mass is 9.94. The summed E-state index contributed by atoms with van der Waals surface area (Å²) in [5.41, 5.74) is 0.852. The van der Waals surface area contributed by atoms with E-state index in [1.807, 2.05) is 4.90 Å². The number of anilines is 1. The molecule has 1 aliphatic rings. The fourth-order valence-corrected chi connectivity index (χ4v) is 2.81. The van der Waals surface area contributed by atoms with Crippen LogP contribution in [0.15, 0.2) is 12.1 Å². The second kappa shape index (κ2) is 5.55. The number of nitro groups is 1. The highest BCUT2D eigenvalue weighted by Gasteiger charge is 2.27. The van der Waals surface area contributed by atoms with Gasteiger partial charge in [0.15, 0.2) is 0 Å². The number of hydrogen-bond donors (Lipinski definition) is 0. The van der Waals surface area contributed by atoms with Crippen molar-refractivity contribution in [3.63, 3.8) is 0 Å². The molecule has 0 unspecified atom stereocenters. The lowest BCUT2D eigenvalue weighted by molar-refractivity contribution is -0.384. The second-order valence-corrected chi connectivity index (χ2v) is 5.16. The van der Waals surface area contributed by atoms with Crippen molar-refractivity contribution in [1.82, 2.24) is 0 Å². The van der Waals surface area contributed by atoms with E-state index in [4.69, 9.17) is 0 Å². The topological polar surface area (TPSA) is 46.4 Å². The number of nitrogens with zero attached hydrogens (tertiary/aromatic N) is 2. The summed E-state index contributed by atoms with van der Waals surface area (Å²) in [4.78, 5) is 12.7. The Morgan fingerprint density at radius 3 is 2.89 bits per heavy atom. The Labute approximate surface area is 112 Å². The number of piperidine rings is 1. The average molecular weight is 266 g/mol. The maximum absolute atomic E-state index is 13.7. The Morgan fingerprint density at radius 1 is 1.53 bits per heavy atom. The first kappa shape index (κ1) is 13.8. The van der Waals surface area contributed by atoms with Gasteiger partial charge in [0.1, 0.15) is 11.5 Å². The molecule has 4 nitrogen and oxygen atoms in total. The highest BCUT2D eigenvalue weighted by atomic mass is 19.1. The molecule has 0 N–H and O–H groups in total. The molecule has 2 rings (SSSR count). The van der Waals surface area contributed by atoms with E-state index in [9.17, 15) is 14.5 Å². The van der Waals surface area contributed by atoms with Crippen LogP contribution < -0.4 is 4.90 Å². The zero-order chi connectivity index (χ0) is 14.0. The standard InChI is InChI=1S/C14H19FN2O2/c1-3-11-5-4-8-16(9-11)14-10(2)12(15)6-7-13(14)17(18)19/h6-7,11H,3-5,8-9H2,1-2H3/t11-/m1/s1. The zero-order valence-electron chi connectivity index (χ0n) is 11.4. The summed E-state index contributed by atoms with van der Waals surface area (Å²) in [5, 5.41) is 11.1. The maximum atomic E-state index is 13.7. The Balaban J connectivity index is 2.42. The van der Waals surface area contributed by atoms with Crippen LogP contribution in [0.3, 0.4) is 0 Å². The Bertz CT molecular complexity index is 491. The van der Waals surface area contributed by atoms with E-state index in [1.165, 1.54) is 12.1 Å². The molecule has 0 aromatic heterocycles. The second-order valence-electron chi connectivity index (χ2n) is 5.16. The SMILES string of the molecule is CC[C@@H]1CCCN(c2c([N+](=O)[O-])ccc(F)c2C)C1. The van der Waals surface area contributed by atoms with Gasteiger partial charge in [0.05, 0.1) is 4.92 Å². The Hall–Kier alpha value is -1.65. The fourth-order valence-electron chi connectivity index (χ4n) is 2.81. The van der Waals surface area contributed by atoms with Gasteiger partial charge < -0.3 is 4.90 Å². The van der Waals surface area contributed by atoms with E-state index in [2.05, 4.69) is 6.92 Å². The third kappa shape index (κ3) is 2.69. The monoisotopic (exact) mass is 266 g/mol. The summed E-state index contributed by atoms with van der Waals surface area (Å²) in [6, 6.07) is 2.45. The average Bonchev–Trinajstić information content (AvgIpc) is 2.41. The summed E-state index contributed by atoms with van der Waals surface area (Å²) in [5.74, 6) is 0.162. The lowest BCUT2D eigenvalue weighted by Gasteiger charge is -2.34. The summed E-state index contributed by atoms with van der Waals surface area (Å²) < 4.78 is 13.7. The molecule has 1 fully saturated rings. The molecule has 19 heavy (non-hydrogen) atoms. The van der Waals surface area contributed by atoms with Crippen molar-refractivity contribution < 1.29 is 9.31 Å². The van der Waals surface area contributed by atoms with Crippen LogP contribution in [0, 0.1) is 28.8 Å². The van der Waals surface area contributed by atoms with Crippen molar-refractivity contribution in [3.05, 3.63) is 33.6 Å². The molecule has 0 bridgehead atoms. The molecule has 1 aromatic rings. The first-order chi connectivity index (χ1) is 9.04. The molecule has 1 aliphatic heterocycles. The zero-order valence-corrected chi connectivity index (χ0v) is 11.4. The first-order valence-corrected chi connectivity index (χ1v) is 6.73. The molecule has 0 amide bonds. The lowest BCUT2D eigenvalue weighted by Crippen LogP contribution is -2.36. The van der Waals surface area contributed by atoms with Gasteiger partial charge in [-0.1, -0.05) is 13.3 Å². The van der Waals surface area contributed by atoms with Crippen LogP contribution in [0.4, 0.5) is 15.8 Å². The third-order valence-corrected chi connectivity index (χ3v) is 3.95. The Morgan fingerprint density at radius 2 is 2.26 bits per heavy atom. The molecule has 0 spiro atoms. The van der Waals surface area contributed by atoms with Crippen molar-refractivity contribution in [2.45, 2.75) is 33.1 Å². The van der Waals surface area contributed by atoms with Gasteiger partial charge >= 0.3 is 0 Å². The summed E-state index contributed by atoms with van der Waals surface area (Å²) in [6.07, 6.45) is 3.21. The molecular weight excluding hydrogens is 247 g/mol. The van der Waals surface area contributed by atoms with Crippen molar-refractivity contribution >= 4 is 11.4 Å². The predicted molar refractivity (Wildman–Crippen MR) is 73.0 cm³/mol. The smallest absolute Gasteiger partial charge is 0.293 e. The van der Waals surface area contributed by atoms with Gasteiger partial charge in [-0.2, -0.15) is 0 Å². The first-order valence-electron chi connectivity index (χ1n) is 6.73. The van der Waals surface area contributed by atoms with Gasteiger partial charge in [-0.15, -0.1) is 0 Å². The number of hydrogen-bond acceptors (Lipinski definition) is 3. The molecule has 1 atom stereocenters. The molecule has 5 heteroatoms. The van der Waals surface area contributed by atoms with Crippen LogP contribution in [0.5, 0.6) is 0 Å². The van der Waals surface area contributed by atoms with Crippen molar-refractivity contribution in [2.75, 3.05) is 18.0 Å². The van der Waals surface area contributed by atoms with E-state index in [1.54, 1.807) is 6.92 Å². The van der Waals surface area contributed by atoms with E-state index in [0.717, 1.165) is 32.4 Å². The van der Waals surface area contributed by atoms with Crippen LogP contribution in [0.25, 0.3) is 0 Å². The Kier molecular flexibility index (Phi) is 4.02. The normalized spacial score (nSPS) is 19.5. The molecule has 1 saturated heterocycles. The minimum absolute atomic E-state index is 0.00986. The predicted octanol–water partition coefficient (Wildman–Crippen LogP) is 3.67. The number of nitro benzene ring substituents is 1. The molecule has 1 heterocycles. The maximum Gasteiger partial charge on any atom is 0.293 e. The molecule has 0 radical (unpaired) electrons. The van der Waals surface area contributed by atoms with Gasteiger partial charge in [0.25, 0.3) is 5.69 Å². The summed E-state index contributed by atoms with van der Waals surface area (Å²) in [6.45, 7) is 5.29. The van der Waals surface area contributed by atoms with E-state index in [-0.39, 0.29) is 11.5 Å². The van der Waals surface area contributed by atoms with Crippen LogP contribution in [-0.2, 0) is 0 Å². The van der Waals surface area contributed by atoms with Gasteiger partial charge in [-0.05, 0) is 31.7 Å². The van der Waals surface area contributed by atoms with Crippen LogP contribution in [-0.4, -0.2) is 18.0 Å². The summed E-state index contributed by atoms with van der Waals surface area (Å²) >= 11 is 0. The van der Waals surface area contributed by atoms with Crippen LogP contribution in [0.2, 0.25) is 0 Å². The molecular formula is C14H19FN2O2. The largest absolute Gasteiger partial charge is 0.365 e.